The van der Waals surface area contributed by atoms with Crippen molar-refractivity contribution in [3.63, 3.8) is 0 Å². The number of ether oxygens (including phenoxy) is 2. The van der Waals surface area contributed by atoms with Gasteiger partial charge in [-0.1, -0.05) is 11.6 Å². The van der Waals surface area contributed by atoms with Crippen LogP contribution >= 0.6 is 11.6 Å². The molecule has 10 heteroatoms. The molecule has 0 radical (unpaired) electrons. The van der Waals surface area contributed by atoms with Crippen molar-refractivity contribution in [2.75, 3.05) is 20.2 Å². The smallest absolute Gasteiger partial charge is 0.282 e. The van der Waals surface area contributed by atoms with Crippen LogP contribution in [-0.2, 0) is 0 Å². The number of amides is 1. The van der Waals surface area contributed by atoms with Crippen molar-refractivity contribution in [2.45, 2.75) is 12.5 Å². The third-order valence-corrected chi connectivity index (χ3v) is 4.16. The molecule has 1 fully saturated rings. The number of rotatable bonds is 5. The molecule has 1 aromatic carbocycles. The van der Waals surface area contributed by atoms with E-state index in [0.717, 1.165) is 0 Å². The summed E-state index contributed by atoms with van der Waals surface area (Å²) in [6, 6.07) is 3.92. The van der Waals surface area contributed by atoms with Gasteiger partial charge in [-0.25, -0.2) is 9.97 Å². The predicted molar refractivity (Wildman–Crippen MR) is 91.6 cm³/mol. The zero-order valence-electron chi connectivity index (χ0n) is 13.8. The van der Waals surface area contributed by atoms with Gasteiger partial charge in [0.1, 0.15) is 11.7 Å². The number of nitrogens with zero attached hydrogens (tertiary/aromatic N) is 4. The highest BCUT2D eigenvalue weighted by Gasteiger charge is 2.32. The van der Waals surface area contributed by atoms with E-state index in [0.29, 0.717) is 13.0 Å². The summed E-state index contributed by atoms with van der Waals surface area (Å²) in [5.74, 6) is 0.0298. The number of hydrogen-bond donors (Lipinski definition) is 0. The monoisotopic (exact) mass is 378 g/mol. The second-order valence-corrected chi connectivity index (χ2v) is 6.01. The topological polar surface area (TPSA) is 108 Å². The van der Waals surface area contributed by atoms with Gasteiger partial charge in [-0.2, -0.15) is 0 Å². The second-order valence-electron chi connectivity index (χ2n) is 5.57. The number of nitro benzene ring substituents is 1. The van der Waals surface area contributed by atoms with Crippen molar-refractivity contribution in [3.8, 4) is 11.8 Å². The van der Waals surface area contributed by atoms with E-state index >= 15 is 0 Å². The minimum absolute atomic E-state index is 0.0415. The molecule has 2 aromatic rings. The molecule has 1 saturated heterocycles. The number of carbonyl (C=O) groups excluding carboxylic acids is 1. The first-order chi connectivity index (χ1) is 12.5. The van der Waals surface area contributed by atoms with Gasteiger partial charge in [0.05, 0.1) is 18.6 Å². The van der Waals surface area contributed by atoms with Crippen LogP contribution in [0.2, 0.25) is 5.02 Å². The Balaban J connectivity index is 1.74. The number of halogens is 1. The molecule has 0 bridgehead atoms. The zero-order chi connectivity index (χ0) is 18.7. The fourth-order valence-corrected chi connectivity index (χ4v) is 2.88. The van der Waals surface area contributed by atoms with Crippen LogP contribution in [0.3, 0.4) is 0 Å². The molecular formula is C16H15ClN4O5. The maximum Gasteiger partial charge on any atom is 0.282 e. The summed E-state index contributed by atoms with van der Waals surface area (Å²) in [6.45, 7) is 0.665. The largest absolute Gasteiger partial charge is 0.477 e. The molecule has 136 valence electrons. The first-order valence-corrected chi connectivity index (χ1v) is 8.12. The first kappa shape index (κ1) is 17.9. The van der Waals surface area contributed by atoms with E-state index in [1.807, 2.05) is 0 Å². The number of likely N-dealkylation sites (tertiary alicyclic amines) is 1. The predicted octanol–water partition coefficient (Wildman–Crippen LogP) is 2.34. The van der Waals surface area contributed by atoms with Gasteiger partial charge in [-0.05, 0) is 12.1 Å². The summed E-state index contributed by atoms with van der Waals surface area (Å²) in [5, 5.41) is 11.4. The van der Waals surface area contributed by atoms with E-state index in [1.54, 1.807) is 0 Å². The van der Waals surface area contributed by atoms with Crippen LogP contribution in [0.5, 0.6) is 11.8 Å². The average Bonchev–Trinajstić information content (AvgIpc) is 3.09. The van der Waals surface area contributed by atoms with E-state index in [2.05, 4.69) is 9.97 Å². The highest BCUT2D eigenvalue weighted by molar-refractivity contribution is 6.31. The Morgan fingerprint density at radius 1 is 1.35 bits per heavy atom. The van der Waals surface area contributed by atoms with Crippen LogP contribution in [-0.4, -0.2) is 52.0 Å². The molecule has 0 saturated carbocycles. The van der Waals surface area contributed by atoms with Gasteiger partial charge < -0.3 is 14.4 Å². The van der Waals surface area contributed by atoms with Gasteiger partial charge in [0.2, 0.25) is 0 Å². The maximum absolute atomic E-state index is 12.7. The fourth-order valence-electron chi connectivity index (χ4n) is 2.71. The number of methoxy groups -OCH3 is 1. The number of benzene rings is 1. The van der Waals surface area contributed by atoms with Crippen LogP contribution in [0.25, 0.3) is 0 Å². The number of carbonyl (C=O) groups is 1. The molecule has 1 atom stereocenters. The normalized spacial score (nSPS) is 16.4. The number of hydrogen-bond acceptors (Lipinski definition) is 7. The van der Waals surface area contributed by atoms with Gasteiger partial charge in [0, 0.05) is 36.4 Å². The summed E-state index contributed by atoms with van der Waals surface area (Å²) >= 11 is 5.89. The SMILES string of the molecule is COc1nccnc1OC1CCN(C(=O)c2cc(Cl)ccc2[N+](=O)[O-])C1. The number of nitro groups is 1. The summed E-state index contributed by atoms with van der Waals surface area (Å²) in [7, 11) is 1.46. The molecule has 1 aliphatic heterocycles. The quantitative estimate of drug-likeness (QED) is 0.580. The minimum Gasteiger partial charge on any atom is -0.477 e. The summed E-state index contributed by atoms with van der Waals surface area (Å²) < 4.78 is 10.8. The molecule has 9 nitrogen and oxygen atoms in total. The van der Waals surface area contributed by atoms with Crippen LogP contribution in [0.15, 0.2) is 30.6 Å². The zero-order valence-corrected chi connectivity index (χ0v) is 14.5. The van der Waals surface area contributed by atoms with Crippen molar-refractivity contribution >= 4 is 23.2 Å². The van der Waals surface area contributed by atoms with Crippen molar-refractivity contribution in [1.82, 2.24) is 14.9 Å². The molecule has 2 heterocycles. The Bertz CT molecular complexity index is 847. The van der Waals surface area contributed by atoms with Crippen molar-refractivity contribution in [1.29, 1.82) is 0 Å². The van der Waals surface area contributed by atoms with E-state index < -0.39 is 10.8 Å². The highest BCUT2D eigenvalue weighted by atomic mass is 35.5. The van der Waals surface area contributed by atoms with Crippen molar-refractivity contribution in [3.05, 3.63) is 51.3 Å². The average molecular weight is 379 g/mol. The third kappa shape index (κ3) is 3.67. The van der Waals surface area contributed by atoms with Gasteiger partial charge in [0.25, 0.3) is 23.4 Å². The van der Waals surface area contributed by atoms with Crippen molar-refractivity contribution < 1.29 is 19.2 Å². The van der Waals surface area contributed by atoms with E-state index in [-0.39, 0.29) is 40.7 Å². The van der Waals surface area contributed by atoms with Gasteiger partial charge in [-0.3, -0.25) is 14.9 Å². The van der Waals surface area contributed by atoms with Crippen LogP contribution in [0.4, 0.5) is 5.69 Å². The van der Waals surface area contributed by atoms with E-state index in [1.165, 1.54) is 42.6 Å². The van der Waals surface area contributed by atoms with Crippen LogP contribution in [0, 0.1) is 10.1 Å². The lowest BCUT2D eigenvalue weighted by Gasteiger charge is -2.17. The molecule has 1 amide bonds. The lowest BCUT2D eigenvalue weighted by atomic mass is 10.1. The van der Waals surface area contributed by atoms with E-state index in [9.17, 15) is 14.9 Å². The lowest BCUT2D eigenvalue weighted by Crippen LogP contribution is -2.31. The summed E-state index contributed by atoms with van der Waals surface area (Å²) in [5.41, 5.74) is -0.320. The highest BCUT2D eigenvalue weighted by Crippen LogP contribution is 2.27. The molecule has 1 aromatic heterocycles. The lowest BCUT2D eigenvalue weighted by molar-refractivity contribution is -0.385. The van der Waals surface area contributed by atoms with E-state index in [4.69, 9.17) is 21.1 Å². The molecule has 26 heavy (non-hydrogen) atoms. The molecule has 0 N–H and O–H groups in total. The van der Waals surface area contributed by atoms with Crippen molar-refractivity contribution in [2.24, 2.45) is 0 Å². The molecule has 1 aliphatic rings. The molecule has 0 aliphatic carbocycles. The standard InChI is InChI=1S/C16H15ClN4O5/c1-25-14-15(19-6-5-18-14)26-11-4-7-20(9-11)16(22)12-8-10(17)2-3-13(12)21(23)24/h2-3,5-6,8,11H,4,7,9H2,1H3. The summed E-state index contributed by atoms with van der Waals surface area (Å²) in [4.78, 5) is 32.8. The molecule has 3 rings (SSSR count). The third-order valence-electron chi connectivity index (χ3n) is 3.92. The molecule has 0 spiro atoms. The Hall–Kier alpha value is -2.94. The maximum atomic E-state index is 12.7. The van der Waals surface area contributed by atoms with Crippen LogP contribution < -0.4 is 9.47 Å². The van der Waals surface area contributed by atoms with Gasteiger partial charge in [0.15, 0.2) is 0 Å². The fraction of sp³-hybridized carbons (Fsp3) is 0.312. The molecule has 1 unspecified atom stereocenters. The van der Waals surface area contributed by atoms with Gasteiger partial charge in [-0.15, -0.1) is 0 Å². The Morgan fingerprint density at radius 2 is 2.08 bits per heavy atom. The minimum atomic E-state index is -0.599. The van der Waals surface area contributed by atoms with Crippen LogP contribution in [0.1, 0.15) is 16.8 Å². The Labute approximate surface area is 153 Å². The second kappa shape index (κ2) is 7.52. The Kier molecular flexibility index (Phi) is 5.17. The Morgan fingerprint density at radius 3 is 2.77 bits per heavy atom. The van der Waals surface area contributed by atoms with Gasteiger partial charge >= 0.3 is 0 Å². The number of aromatic nitrogens is 2. The first-order valence-electron chi connectivity index (χ1n) is 7.74. The molecular weight excluding hydrogens is 364 g/mol. The summed E-state index contributed by atoms with van der Waals surface area (Å²) in [6.07, 6.45) is 3.20.